The molecule has 2 heterocycles. The maximum absolute atomic E-state index is 13.1. The second-order valence-electron chi connectivity index (χ2n) is 6.29. The van der Waals surface area contributed by atoms with Crippen LogP contribution >= 0.6 is 22.9 Å². The van der Waals surface area contributed by atoms with E-state index in [1.165, 1.54) is 0 Å². The van der Waals surface area contributed by atoms with Gasteiger partial charge < -0.3 is 9.64 Å². The lowest BCUT2D eigenvalue weighted by Crippen LogP contribution is -2.46. The van der Waals surface area contributed by atoms with Gasteiger partial charge in [0.1, 0.15) is 5.75 Å². The Balaban J connectivity index is 1.78. The molecule has 0 radical (unpaired) electrons. The van der Waals surface area contributed by atoms with Gasteiger partial charge in [0.25, 0.3) is 5.91 Å². The van der Waals surface area contributed by atoms with Gasteiger partial charge in [0.2, 0.25) is 0 Å². The van der Waals surface area contributed by atoms with Crippen LogP contribution in [0, 0.1) is 0 Å². The molecule has 1 amide bonds. The SMILES string of the molecule is C[C@@H](Oc1ccccc1Cl)C(=O)N(Cc1cccs1)[C@@H]1CCS(=O)(=O)C1. The van der Waals surface area contributed by atoms with Crippen molar-refractivity contribution in [2.75, 3.05) is 11.5 Å². The molecule has 1 aromatic carbocycles. The fourth-order valence-electron chi connectivity index (χ4n) is 2.99. The molecule has 1 aromatic heterocycles. The number of halogens is 1. The average molecular weight is 414 g/mol. The number of ether oxygens (including phenoxy) is 1. The van der Waals surface area contributed by atoms with Crippen LogP contribution in [0.15, 0.2) is 41.8 Å². The maximum atomic E-state index is 13.1. The third-order valence-corrected chi connectivity index (χ3v) is 7.25. The Morgan fingerprint density at radius 3 is 2.73 bits per heavy atom. The summed E-state index contributed by atoms with van der Waals surface area (Å²) in [5.74, 6) is 0.319. The number of carbonyl (C=O) groups excluding carboxylic acids is 1. The van der Waals surface area contributed by atoms with Crippen LogP contribution in [0.4, 0.5) is 0 Å². The molecular weight excluding hydrogens is 394 g/mol. The molecular formula is C18H20ClNO4S2. The first-order valence-corrected chi connectivity index (χ1v) is 11.4. The van der Waals surface area contributed by atoms with Crippen molar-refractivity contribution in [3.05, 3.63) is 51.7 Å². The number of rotatable bonds is 6. The van der Waals surface area contributed by atoms with Crippen molar-refractivity contribution in [1.29, 1.82) is 0 Å². The van der Waals surface area contributed by atoms with E-state index >= 15 is 0 Å². The van der Waals surface area contributed by atoms with E-state index in [0.717, 1.165) is 4.88 Å². The quantitative estimate of drug-likeness (QED) is 0.728. The first-order chi connectivity index (χ1) is 12.4. The van der Waals surface area contributed by atoms with Gasteiger partial charge in [-0.2, -0.15) is 0 Å². The predicted molar refractivity (Wildman–Crippen MR) is 103 cm³/mol. The molecule has 0 saturated carbocycles. The van der Waals surface area contributed by atoms with Crippen LogP contribution in [-0.2, 0) is 21.2 Å². The van der Waals surface area contributed by atoms with Crippen molar-refractivity contribution >= 4 is 38.7 Å². The van der Waals surface area contributed by atoms with Crippen molar-refractivity contribution in [2.45, 2.75) is 32.0 Å². The Morgan fingerprint density at radius 2 is 2.12 bits per heavy atom. The van der Waals surface area contributed by atoms with E-state index in [0.29, 0.717) is 23.7 Å². The molecule has 8 heteroatoms. The number of amides is 1. The molecule has 1 saturated heterocycles. The maximum Gasteiger partial charge on any atom is 0.263 e. The van der Waals surface area contributed by atoms with Crippen LogP contribution in [-0.4, -0.2) is 42.9 Å². The normalized spacial score (nSPS) is 19.8. The summed E-state index contributed by atoms with van der Waals surface area (Å²) in [4.78, 5) is 15.7. The fourth-order valence-corrected chi connectivity index (χ4v) is 5.61. The van der Waals surface area contributed by atoms with E-state index in [4.69, 9.17) is 16.3 Å². The van der Waals surface area contributed by atoms with Gasteiger partial charge in [0, 0.05) is 10.9 Å². The Labute approximate surface area is 162 Å². The molecule has 0 N–H and O–H groups in total. The molecule has 26 heavy (non-hydrogen) atoms. The Kier molecular flexibility index (Phi) is 5.89. The number of carbonyl (C=O) groups is 1. The lowest BCUT2D eigenvalue weighted by atomic mass is 10.2. The lowest BCUT2D eigenvalue weighted by Gasteiger charge is -2.30. The minimum atomic E-state index is -3.10. The molecule has 0 bridgehead atoms. The lowest BCUT2D eigenvalue weighted by molar-refractivity contribution is -0.140. The van der Waals surface area contributed by atoms with Crippen molar-refractivity contribution in [3.8, 4) is 5.75 Å². The third-order valence-electron chi connectivity index (χ3n) is 4.33. The van der Waals surface area contributed by atoms with Crippen molar-refractivity contribution in [3.63, 3.8) is 0 Å². The van der Waals surface area contributed by atoms with E-state index in [1.807, 2.05) is 17.5 Å². The van der Waals surface area contributed by atoms with Crippen LogP contribution in [0.2, 0.25) is 5.02 Å². The number of para-hydroxylation sites is 1. The second-order valence-corrected chi connectivity index (χ2v) is 9.96. The van der Waals surface area contributed by atoms with Gasteiger partial charge in [0.05, 0.1) is 23.1 Å². The van der Waals surface area contributed by atoms with Gasteiger partial charge in [-0.1, -0.05) is 29.8 Å². The summed E-state index contributed by atoms with van der Waals surface area (Å²) < 4.78 is 29.5. The third kappa shape index (κ3) is 4.58. The summed E-state index contributed by atoms with van der Waals surface area (Å²) in [5, 5.41) is 2.37. The summed E-state index contributed by atoms with van der Waals surface area (Å²) in [6, 6.07) is 10.5. The van der Waals surface area contributed by atoms with Crippen LogP contribution < -0.4 is 4.74 Å². The van der Waals surface area contributed by atoms with E-state index in [9.17, 15) is 13.2 Å². The van der Waals surface area contributed by atoms with Crippen LogP contribution in [0.5, 0.6) is 5.75 Å². The molecule has 1 fully saturated rings. The minimum absolute atomic E-state index is 0.00291. The smallest absolute Gasteiger partial charge is 0.263 e. The number of nitrogens with zero attached hydrogens (tertiary/aromatic N) is 1. The highest BCUT2D eigenvalue weighted by molar-refractivity contribution is 7.91. The highest BCUT2D eigenvalue weighted by atomic mass is 35.5. The molecule has 2 aromatic rings. The van der Waals surface area contributed by atoms with Crippen LogP contribution in [0.25, 0.3) is 0 Å². The van der Waals surface area contributed by atoms with Gasteiger partial charge in [-0.25, -0.2) is 8.42 Å². The number of hydrogen-bond acceptors (Lipinski definition) is 5. The molecule has 1 aliphatic heterocycles. The Bertz CT molecular complexity index is 867. The van der Waals surface area contributed by atoms with Gasteiger partial charge in [-0.15, -0.1) is 11.3 Å². The highest BCUT2D eigenvalue weighted by Crippen LogP contribution is 2.27. The van der Waals surface area contributed by atoms with Crippen molar-refractivity contribution < 1.29 is 17.9 Å². The minimum Gasteiger partial charge on any atom is -0.479 e. The van der Waals surface area contributed by atoms with Crippen LogP contribution in [0.3, 0.4) is 0 Å². The zero-order chi connectivity index (χ0) is 18.7. The summed E-state index contributed by atoms with van der Waals surface area (Å²) in [6.45, 7) is 2.05. The Morgan fingerprint density at radius 1 is 1.35 bits per heavy atom. The summed E-state index contributed by atoms with van der Waals surface area (Å²) in [5.41, 5.74) is 0. The molecule has 2 atom stereocenters. The van der Waals surface area contributed by atoms with Gasteiger partial charge >= 0.3 is 0 Å². The average Bonchev–Trinajstić information content (AvgIpc) is 3.23. The van der Waals surface area contributed by atoms with Gasteiger partial charge in [-0.3, -0.25) is 4.79 Å². The number of hydrogen-bond donors (Lipinski definition) is 0. The number of thiophene rings is 1. The summed E-state index contributed by atoms with van der Waals surface area (Å²) >= 11 is 7.64. The van der Waals surface area contributed by atoms with Crippen LogP contribution in [0.1, 0.15) is 18.2 Å². The fraction of sp³-hybridized carbons (Fsp3) is 0.389. The molecule has 0 spiro atoms. The standard InChI is InChI=1S/C18H20ClNO4S2/c1-13(24-17-7-3-2-6-16(17)19)18(21)20(11-15-5-4-9-25-15)14-8-10-26(22,23)12-14/h2-7,9,13-14H,8,10-12H2,1H3/t13-,14-/m1/s1. The zero-order valence-corrected chi connectivity index (χ0v) is 16.7. The van der Waals surface area contributed by atoms with E-state index < -0.39 is 15.9 Å². The zero-order valence-electron chi connectivity index (χ0n) is 14.3. The van der Waals surface area contributed by atoms with E-state index in [2.05, 4.69) is 0 Å². The van der Waals surface area contributed by atoms with E-state index in [-0.39, 0.29) is 23.5 Å². The first-order valence-electron chi connectivity index (χ1n) is 8.30. The Hall–Kier alpha value is -1.57. The highest BCUT2D eigenvalue weighted by Gasteiger charge is 2.36. The molecule has 1 aliphatic rings. The van der Waals surface area contributed by atoms with Crippen molar-refractivity contribution in [2.24, 2.45) is 0 Å². The topological polar surface area (TPSA) is 63.7 Å². The molecule has 5 nitrogen and oxygen atoms in total. The molecule has 140 valence electrons. The first kappa shape index (κ1) is 19.2. The van der Waals surface area contributed by atoms with Gasteiger partial charge in [-0.05, 0) is 36.9 Å². The van der Waals surface area contributed by atoms with Crippen molar-refractivity contribution in [1.82, 2.24) is 4.90 Å². The number of benzene rings is 1. The largest absolute Gasteiger partial charge is 0.479 e. The summed E-state index contributed by atoms with van der Waals surface area (Å²) in [6.07, 6.45) is -0.309. The monoisotopic (exact) mass is 413 g/mol. The molecule has 0 unspecified atom stereocenters. The number of sulfone groups is 1. The summed E-state index contributed by atoms with van der Waals surface area (Å²) in [7, 11) is -3.10. The van der Waals surface area contributed by atoms with Gasteiger partial charge in [0.15, 0.2) is 15.9 Å². The molecule has 3 rings (SSSR count). The van der Waals surface area contributed by atoms with E-state index in [1.54, 1.807) is 47.4 Å². The molecule has 0 aliphatic carbocycles. The predicted octanol–water partition coefficient (Wildman–Crippen LogP) is 3.38. The second kappa shape index (κ2) is 7.98.